The third-order valence-electron chi connectivity index (χ3n) is 7.48. The maximum atomic E-state index is 13.8. The number of aromatic nitrogens is 1. The topological polar surface area (TPSA) is 49.6 Å². The zero-order chi connectivity index (χ0) is 21.1. The second-order valence-electron chi connectivity index (χ2n) is 9.76. The smallest absolute Gasteiger partial charge is 0.196 e. The fourth-order valence-corrected chi connectivity index (χ4v) is 5.67. The molecule has 2 aliphatic heterocycles. The van der Waals surface area contributed by atoms with Crippen molar-refractivity contribution in [1.82, 2.24) is 5.16 Å². The summed E-state index contributed by atoms with van der Waals surface area (Å²) < 4.78 is 5.94. The van der Waals surface area contributed by atoms with E-state index in [0.29, 0.717) is 5.92 Å². The summed E-state index contributed by atoms with van der Waals surface area (Å²) >= 11 is 0. The Morgan fingerprint density at radius 2 is 1.71 bits per heavy atom. The molecular weight excluding hydrogens is 386 g/mol. The van der Waals surface area contributed by atoms with E-state index in [2.05, 4.69) is 34.9 Å². The maximum Gasteiger partial charge on any atom is 0.196 e. The Labute approximate surface area is 183 Å². The molecular formula is C26H29N3O2. The average Bonchev–Trinajstić information content (AvgIpc) is 3.23. The van der Waals surface area contributed by atoms with E-state index in [0.717, 1.165) is 89.7 Å². The zero-order valence-electron chi connectivity index (χ0n) is 18.4. The van der Waals surface area contributed by atoms with Crippen molar-refractivity contribution in [2.24, 2.45) is 11.8 Å². The van der Waals surface area contributed by atoms with Gasteiger partial charge in [0.1, 0.15) is 5.52 Å². The molecule has 1 unspecified atom stereocenters. The molecule has 2 aromatic carbocycles. The standard InChI is InChI=1S/C26H29N3O2/c1-16-9-12-28(13-10-16)20-14-21(29-11-5-6-17(2)15-29)24-23-22(20)25(30)18-7-3-4-8-19(18)26(23)31-27-24/h3-4,7-8,14,16-17H,5-6,9-13,15H2,1-2H3. The van der Waals surface area contributed by atoms with Gasteiger partial charge in [0, 0.05) is 37.3 Å². The minimum absolute atomic E-state index is 0.100. The van der Waals surface area contributed by atoms with Gasteiger partial charge in [-0.25, -0.2) is 0 Å². The van der Waals surface area contributed by atoms with Gasteiger partial charge in [-0.3, -0.25) is 4.79 Å². The lowest BCUT2D eigenvalue weighted by atomic mass is 9.85. The number of nitrogens with zero attached hydrogens (tertiary/aromatic N) is 3. The number of anilines is 2. The second kappa shape index (κ2) is 7.11. The predicted octanol–water partition coefficient (Wildman–Crippen LogP) is 5.51. The van der Waals surface area contributed by atoms with E-state index in [1.807, 2.05) is 24.3 Å². The van der Waals surface area contributed by atoms with E-state index in [9.17, 15) is 4.79 Å². The summed E-state index contributed by atoms with van der Waals surface area (Å²) in [5.74, 6) is 2.24. The molecule has 1 aliphatic carbocycles. The number of carbonyl (C=O) groups is 1. The van der Waals surface area contributed by atoms with Crippen LogP contribution in [0.5, 0.6) is 0 Å². The molecule has 2 saturated heterocycles. The molecule has 3 heterocycles. The van der Waals surface area contributed by atoms with Gasteiger partial charge in [0.05, 0.1) is 22.3 Å². The Kier molecular flexibility index (Phi) is 4.34. The highest BCUT2D eigenvalue weighted by Gasteiger charge is 2.35. The number of piperidine rings is 2. The molecule has 160 valence electrons. The lowest BCUT2D eigenvalue weighted by Crippen LogP contribution is -2.36. The summed E-state index contributed by atoms with van der Waals surface area (Å²) in [6.45, 7) is 8.68. The number of ketones is 1. The van der Waals surface area contributed by atoms with Gasteiger partial charge in [-0.2, -0.15) is 0 Å². The lowest BCUT2D eigenvalue weighted by molar-refractivity contribution is 0.104. The van der Waals surface area contributed by atoms with Gasteiger partial charge >= 0.3 is 0 Å². The van der Waals surface area contributed by atoms with Crippen molar-refractivity contribution in [2.45, 2.75) is 39.5 Å². The molecule has 0 saturated carbocycles. The Morgan fingerprint density at radius 1 is 0.935 bits per heavy atom. The van der Waals surface area contributed by atoms with Crippen LogP contribution in [-0.2, 0) is 0 Å². The first-order valence-corrected chi connectivity index (χ1v) is 11.7. The first-order chi connectivity index (χ1) is 15.1. The predicted molar refractivity (Wildman–Crippen MR) is 124 cm³/mol. The molecule has 31 heavy (non-hydrogen) atoms. The van der Waals surface area contributed by atoms with Crippen molar-refractivity contribution >= 4 is 28.1 Å². The molecule has 3 aliphatic rings. The minimum Gasteiger partial charge on any atom is -0.371 e. The van der Waals surface area contributed by atoms with Crippen LogP contribution >= 0.6 is 0 Å². The average molecular weight is 416 g/mol. The van der Waals surface area contributed by atoms with Crippen LogP contribution in [0.25, 0.3) is 22.2 Å². The molecule has 1 atom stereocenters. The molecule has 6 rings (SSSR count). The number of hydrogen-bond donors (Lipinski definition) is 0. The van der Waals surface area contributed by atoms with Crippen molar-refractivity contribution in [3.63, 3.8) is 0 Å². The van der Waals surface area contributed by atoms with Crippen LogP contribution in [-0.4, -0.2) is 37.1 Å². The van der Waals surface area contributed by atoms with Crippen LogP contribution < -0.4 is 9.80 Å². The second-order valence-corrected chi connectivity index (χ2v) is 9.76. The van der Waals surface area contributed by atoms with Gasteiger partial charge in [-0.05, 0) is 43.6 Å². The summed E-state index contributed by atoms with van der Waals surface area (Å²) in [6.07, 6.45) is 4.78. The highest BCUT2D eigenvalue weighted by atomic mass is 16.5. The van der Waals surface area contributed by atoms with Crippen LogP contribution in [0, 0.1) is 11.8 Å². The first-order valence-electron chi connectivity index (χ1n) is 11.7. The number of rotatable bonds is 2. The number of hydrogen-bond acceptors (Lipinski definition) is 5. The highest BCUT2D eigenvalue weighted by Crippen LogP contribution is 2.47. The third kappa shape index (κ3) is 2.89. The summed E-state index contributed by atoms with van der Waals surface area (Å²) in [5, 5.41) is 5.44. The zero-order valence-corrected chi connectivity index (χ0v) is 18.4. The highest BCUT2D eigenvalue weighted by molar-refractivity contribution is 6.28. The fraction of sp³-hybridized carbons (Fsp3) is 0.462. The van der Waals surface area contributed by atoms with E-state index >= 15 is 0 Å². The molecule has 3 aromatic rings. The SMILES string of the molecule is CC1CCN(c2cc(N3CCCC(C)C3)c3noc4c3c2C(=O)c2ccccc2-4)CC1. The monoisotopic (exact) mass is 415 g/mol. The Hall–Kier alpha value is -2.82. The van der Waals surface area contributed by atoms with E-state index in [-0.39, 0.29) is 5.78 Å². The number of carbonyl (C=O) groups excluding carboxylic acids is 1. The van der Waals surface area contributed by atoms with Crippen LogP contribution in [0.4, 0.5) is 11.4 Å². The van der Waals surface area contributed by atoms with Gasteiger partial charge in [0.15, 0.2) is 11.5 Å². The third-order valence-corrected chi connectivity index (χ3v) is 7.48. The summed E-state index contributed by atoms with van der Waals surface area (Å²) in [6, 6.07) is 10.0. The molecule has 0 spiro atoms. The van der Waals surface area contributed by atoms with Gasteiger partial charge in [0.25, 0.3) is 0 Å². The molecule has 0 amide bonds. The van der Waals surface area contributed by atoms with Crippen molar-refractivity contribution in [3.8, 4) is 11.3 Å². The van der Waals surface area contributed by atoms with Crippen molar-refractivity contribution in [2.75, 3.05) is 36.0 Å². The van der Waals surface area contributed by atoms with Crippen LogP contribution in [0.3, 0.4) is 0 Å². The van der Waals surface area contributed by atoms with Crippen LogP contribution in [0.1, 0.15) is 55.5 Å². The first kappa shape index (κ1) is 18.9. The molecule has 0 radical (unpaired) electrons. The largest absolute Gasteiger partial charge is 0.371 e. The molecule has 0 bridgehead atoms. The maximum absolute atomic E-state index is 13.8. The lowest BCUT2D eigenvalue weighted by Gasteiger charge is -2.37. The van der Waals surface area contributed by atoms with E-state index < -0.39 is 0 Å². The van der Waals surface area contributed by atoms with E-state index in [1.54, 1.807) is 0 Å². The van der Waals surface area contributed by atoms with Gasteiger partial charge in [-0.1, -0.05) is 43.3 Å². The van der Waals surface area contributed by atoms with Gasteiger partial charge in [0.2, 0.25) is 0 Å². The molecule has 2 fully saturated rings. The molecule has 5 nitrogen and oxygen atoms in total. The Bertz CT molecular complexity index is 1170. The Balaban J connectivity index is 1.60. The van der Waals surface area contributed by atoms with Crippen LogP contribution in [0.2, 0.25) is 0 Å². The van der Waals surface area contributed by atoms with Crippen molar-refractivity contribution in [3.05, 3.63) is 41.5 Å². The normalized spacial score (nSPS) is 21.6. The van der Waals surface area contributed by atoms with Crippen LogP contribution in [0.15, 0.2) is 34.9 Å². The fourth-order valence-electron chi connectivity index (χ4n) is 5.67. The number of fused-ring (bicyclic) bond motifs is 2. The number of benzene rings is 2. The van der Waals surface area contributed by atoms with E-state index in [1.165, 1.54) is 12.8 Å². The quantitative estimate of drug-likeness (QED) is 0.432. The van der Waals surface area contributed by atoms with Crippen molar-refractivity contribution < 1.29 is 9.32 Å². The van der Waals surface area contributed by atoms with E-state index in [4.69, 9.17) is 4.52 Å². The molecule has 0 N–H and O–H groups in total. The van der Waals surface area contributed by atoms with Gasteiger partial charge < -0.3 is 14.3 Å². The van der Waals surface area contributed by atoms with Gasteiger partial charge in [-0.15, -0.1) is 0 Å². The molecule has 5 heteroatoms. The summed E-state index contributed by atoms with van der Waals surface area (Å²) in [4.78, 5) is 18.6. The Morgan fingerprint density at radius 3 is 2.48 bits per heavy atom. The van der Waals surface area contributed by atoms with Crippen molar-refractivity contribution in [1.29, 1.82) is 0 Å². The summed E-state index contributed by atoms with van der Waals surface area (Å²) in [5.41, 5.74) is 5.41. The minimum atomic E-state index is 0.100. The molecule has 1 aromatic heterocycles. The summed E-state index contributed by atoms with van der Waals surface area (Å²) in [7, 11) is 0.